The lowest BCUT2D eigenvalue weighted by Gasteiger charge is -2.32. The van der Waals surface area contributed by atoms with Gasteiger partial charge in [0.1, 0.15) is 0 Å². The van der Waals surface area contributed by atoms with Crippen LogP contribution in [0.4, 0.5) is 51.2 Å². The van der Waals surface area contributed by atoms with Crippen molar-refractivity contribution in [2.24, 2.45) is 0 Å². The molecule has 11 aromatic carbocycles. The Kier molecular flexibility index (Phi) is 9.89. The van der Waals surface area contributed by atoms with Gasteiger partial charge in [-0.15, -0.1) is 0 Å². The summed E-state index contributed by atoms with van der Waals surface area (Å²) in [5, 5.41) is 6.98. The maximum absolute atomic E-state index is 2.49. The minimum atomic E-state index is 1.07. The Hall–Kier alpha value is -8.40. The second-order valence-electron chi connectivity index (χ2n) is 15.7. The number of hydrogen-bond acceptors (Lipinski definition) is 3. The molecular formula is C60H43N3. The second-order valence-corrected chi connectivity index (χ2v) is 15.7. The van der Waals surface area contributed by atoms with E-state index in [4.69, 9.17) is 0 Å². The highest BCUT2D eigenvalue weighted by Crippen LogP contribution is 2.52. The molecule has 0 spiro atoms. The largest absolute Gasteiger partial charge is 0.310 e. The summed E-state index contributed by atoms with van der Waals surface area (Å²) in [6, 6.07) is 94.0. The fourth-order valence-corrected chi connectivity index (χ4v) is 9.19. The van der Waals surface area contributed by atoms with E-state index >= 15 is 0 Å². The molecule has 3 heteroatoms. The highest BCUT2D eigenvalue weighted by atomic mass is 15.2. The third-order valence-corrected chi connectivity index (χ3v) is 11.9. The zero-order valence-electron chi connectivity index (χ0n) is 34.7. The molecular weight excluding hydrogens is 763 g/mol. The van der Waals surface area contributed by atoms with Gasteiger partial charge in [-0.1, -0.05) is 170 Å². The lowest BCUT2D eigenvalue weighted by atomic mass is 9.88. The van der Waals surface area contributed by atoms with Crippen LogP contribution >= 0.6 is 0 Å². The van der Waals surface area contributed by atoms with Crippen molar-refractivity contribution in [3.8, 4) is 11.1 Å². The smallest absolute Gasteiger partial charge is 0.0619 e. The summed E-state index contributed by atoms with van der Waals surface area (Å²) in [4.78, 5) is 7.21. The standard InChI is InChI=1S/C60H43N3/c1-7-23-45(24-8-1)59-54-40-38-52(62(48-30-13-4-14-31-48)49-32-15-5-16-33-49)43-57(54)60(63(50-34-17-6-18-35-50)58-37-21-25-44-22-19-20-36-53(44)58)55-41-39-51(42-56(55)59)61(46-26-9-2-10-27-46)47-28-11-3-12-29-47/h1-43H. The van der Waals surface area contributed by atoms with Crippen LogP contribution < -0.4 is 14.7 Å². The third-order valence-electron chi connectivity index (χ3n) is 11.9. The van der Waals surface area contributed by atoms with Gasteiger partial charge in [-0.25, -0.2) is 0 Å². The van der Waals surface area contributed by atoms with Gasteiger partial charge in [-0.2, -0.15) is 0 Å². The molecule has 11 rings (SSSR count). The molecule has 0 unspecified atom stereocenters. The molecule has 0 atom stereocenters. The van der Waals surface area contributed by atoms with Crippen molar-refractivity contribution in [1.29, 1.82) is 0 Å². The van der Waals surface area contributed by atoms with Gasteiger partial charge in [-0.3, -0.25) is 0 Å². The van der Waals surface area contributed by atoms with Gasteiger partial charge in [0.05, 0.1) is 11.4 Å². The summed E-state index contributed by atoms with van der Waals surface area (Å²) in [7, 11) is 0. The van der Waals surface area contributed by atoms with E-state index in [1.54, 1.807) is 0 Å². The van der Waals surface area contributed by atoms with Gasteiger partial charge in [0.15, 0.2) is 0 Å². The van der Waals surface area contributed by atoms with E-state index in [0.717, 1.165) is 78.3 Å². The van der Waals surface area contributed by atoms with Gasteiger partial charge >= 0.3 is 0 Å². The van der Waals surface area contributed by atoms with Crippen LogP contribution in [0.5, 0.6) is 0 Å². The average Bonchev–Trinajstić information content (AvgIpc) is 3.36. The summed E-state index contributed by atoms with van der Waals surface area (Å²) >= 11 is 0. The molecule has 0 saturated carbocycles. The van der Waals surface area contributed by atoms with Gasteiger partial charge in [0.2, 0.25) is 0 Å². The van der Waals surface area contributed by atoms with Crippen molar-refractivity contribution >= 4 is 83.5 Å². The maximum Gasteiger partial charge on any atom is 0.0619 e. The van der Waals surface area contributed by atoms with E-state index in [1.807, 2.05) is 0 Å². The first-order chi connectivity index (χ1) is 31.3. The summed E-state index contributed by atoms with van der Waals surface area (Å²) < 4.78 is 0. The number of hydrogen-bond donors (Lipinski definition) is 0. The molecule has 0 aromatic heterocycles. The minimum absolute atomic E-state index is 1.07. The summed E-state index contributed by atoms with van der Waals surface area (Å²) in [6.45, 7) is 0. The SMILES string of the molecule is c1ccc(-c2c3cc(N(c4ccccc4)c4ccccc4)ccc3c(N(c3ccccc3)c3cccc4ccccc34)c3cc(N(c4ccccc4)c4ccccc4)ccc23)cc1. The molecule has 0 heterocycles. The van der Waals surface area contributed by atoms with Crippen molar-refractivity contribution < 1.29 is 0 Å². The zero-order valence-corrected chi connectivity index (χ0v) is 34.7. The number of para-hydroxylation sites is 5. The van der Waals surface area contributed by atoms with Gasteiger partial charge in [0.25, 0.3) is 0 Å². The Morgan fingerprint density at radius 2 is 0.619 bits per heavy atom. The van der Waals surface area contributed by atoms with E-state index < -0.39 is 0 Å². The maximum atomic E-state index is 2.49. The van der Waals surface area contributed by atoms with Crippen molar-refractivity contribution in [3.05, 3.63) is 261 Å². The highest BCUT2D eigenvalue weighted by molar-refractivity contribution is 6.24. The Morgan fingerprint density at radius 1 is 0.222 bits per heavy atom. The van der Waals surface area contributed by atoms with Crippen LogP contribution in [-0.4, -0.2) is 0 Å². The Labute approximate surface area is 368 Å². The number of fused-ring (bicyclic) bond motifs is 3. The zero-order chi connectivity index (χ0) is 42.0. The highest BCUT2D eigenvalue weighted by Gasteiger charge is 2.26. The molecule has 0 aliphatic rings. The average molecular weight is 806 g/mol. The van der Waals surface area contributed by atoms with Crippen molar-refractivity contribution in [2.75, 3.05) is 14.7 Å². The van der Waals surface area contributed by atoms with Gasteiger partial charge in [-0.05, 0) is 118 Å². The van der Waals surface area contributed by atoms with Gasteiger partial charge in [0, 0.05) is 56.0 Å². The van der Waals surface area contributed by atoms with Crippen molar-refractivity contribution in [3.63, 3.8) is 0 Å². The molecule has 0 bridgehead atoms. The first-order valence-corrected chi connectivity index (χ1v) is 21.5. The number of benzene rings is 11. The molecule has 0 saturated heterocycles. The van der Waals surface area contributed by atoms with Gasteiger partial charge < -0.3 is 14.7 Å². The van der Waals surface area contributed by atoms with E-state index in [0.29, 0.717) is 0 Å². The molecule has 0 aliphatic carbocycles. The summed E-state index contributed by atoms with van der Waals surface area (Å²) in [5.74, 6) is 0. The topological polar surface area (TPSA) is 9.72 Å². The van der Waals surface area contributed by atoms with Crippen molar-refractivity contribution in [2.45, 2.75) is 0 Å². The van der Waals surface area contributed by atoms with Crippen molar-refractivity contribution in [1.82, 2.24) is 0 Å². The van der Waals surface area contributed by atoms with Crippen LogP contribution in [0.2, 0.25) is 0 Å². The fourth-order valence-electron chi connectivity index (χ4n) is 9.19. The molecule has 0 amide bonds. The van der Waals surface area contributed by atoms with Crippen LogP contribution in [-0.2, 0) is 0 Å². The summed E-state index contributed by atoms with van der Waals surface area (Å²) in [5.41, 5.74) is 12.2. The van der Waals surface area contributed by atoms with Crippen LogP contribution in [0.25, 0.3) is 43.4 Å². The van der Waals surface area contributed by atoms with Crippen LogP contribution in [0, 0.1) is 0 Å². The van der Waals surface area contributed by atoms with Crippen LogP contribution in [0.3, 0.4) is 0 Å². The molecule has 0 aliphatic heterocycles. The molecule has 11 aromatic rings. The monoisotopic (exact) mass is 805 g/mol. The third kappa shape index (κ3) is 7.02. The lowest BCUT2D eigenvalue weighted by molar-refractivity contribution is 1.28. The first kappa shape index (κ1) is 37.6. The fraction of sp³-hybridized carbons (Fsp3) is 0. The normalized spacial score (nSPS) is 11.2. The molecule has 0 N–H and O–H groups in total. The number of nitrogens with zero attached hydrogens (tertiary/aromatic N) is 3. The predicted molar refractivity (Wildman–Crippen MR) is 268 cm³/mol. The quantitative estimate of drug-likeness (QED) is 0.128. The predicted octanol–water partition coefficient (Wildman–Crippen LogP) is 17.2. The second kappa shape index (κ2) is 16.6. The molecule has 0 fully saturated rings. The Bertz CT molecular complexity index is 3240. The minimum Gasteiger partial charge on any atom is -0.310 e. The first-order valence-electron chi connectivity index (χ1n) is 21.5. The van der Waals surface area contributed by atoms with E-state index in [1.165, 1.54) is 16.3 Å². The van der Waals surface area contributed by atoms with Crippen LogP contribution in [0.15, 0.2) is 261 Å². The number of anilines is 9. The van der Waals surface area contributed by atoms with Crippen LogP contribution in [0.1, 0.15) is 0 Å². The molecule has 298 valence electrons. The summed E-state index contributed by atoms with van der Waals surface area (Å²) in [6.07, 6.45) is 0. The Morgan fingerprint density at radius 3 is 1.13 bits per heavy atom. The molecule has 0 radical (unpaired) electrons. The molecule has 63 heavy (non-hydrogen) atoms. The molecule has 3 nitrogen and oxygen atoms in total. The lowest BCUT2D eigenvalue weighted by Crippen LogP contribution is -2.13. The van der Waals surface area contributed by atoms with E-state index in [2.05, 4.69) is 276 Å². The Balaban J connectivity index is 1.29. The van der Waals surface area contributed by atoms with E-state index in [9.17, 15) is 0 Å². The number of rotatable bonds is 10. The van der Waals surface area contributed by atoms with E-state index in [-0.39, 0.29) is 0 Å².